The minimum absolute atomic E-state index is 0.0205. The normalized spacial score (nSPS) is 10.9. The standard InChI is InChI=1S/C27H21FN4O2S/c28-23-12-6-7-13-24(23)34-17-25-30-31-27(32(25)22-10-2-1-3-11-22)35-18-26(33)29-21-15-14-19-8-4-5-9-20(19)16-21/h1-16H,17-18H2,(H,29,33). The van der Waals surface area contributed by atoms with Gasteiger partial charge < -0.3 is 10.1 Å². The number of hydrogen-bond acceptors (Lipinski definition) is 5. The fraction of sp³-hybridized carbons (Fsp3) is 0.0741. The summed E-state index contributed by atoms with van der Waals surface area (Å²) in [6, 6.07) is 29.5. The number of anilines is 1. The van der Waals surface area contributed by atoms with Gasteiger partial charge in [0, 0.05) is 11.4 Å². The molecule has 0 spiro atoms. The van der Waals surface area contributed by atoms with E-state index < -0.39 is 5.82 Å². The van der Waals surface area contributed by atoms with Crippen LogP contribution in [0.4, 0.5) is 10.1 Å². The second-order valence-electron chi connectivity index (χ2n) is 7.69. The van der Waals surface area contributed by atoms with Gasteiger partial charge in [0.1, 0.15) is 6.61 Å². The highest BCUT2D eigenvalue weighted by molar-refractivity contribution is 7.99. The Morgan fingerprint density at radius 3 is 2.46 bits per heavy atom. The van der Waals surface area contributed by atoms with E-state index >= 15 is 0 Å². The summed E-state index contributed by atoms with van der Waals surface area (Å²) in [5.74, 6) is 0.178. The smallest absolute Gasteiger partial charge is 0.234 e. The van der Waals surface area contributed by atoms with E-state index in [0.29, 0.717) is 11.0 Å². The number of fused-ring (bicyclic) bond motifs is 1. The largest absolute Gasteiger partial charge is 0.483 e. The van der Waals surface area contributed by atoms with Crippen LogP contribution >= 0.6 is 11.8 Å². The van der Waals surface area contributed by atoms with Gasteiger partial charge in [-0.15, -0.1) is 10.2 Å². The van der Waals surface area contributed by atoms with Gasteiger partial charge in [-0.1, -0.05) is 72.4 Å². The zero-order chi connectivity index (χ0) is 24.0. The van der Waals surface area contributed by atoms with E-state index in [1.54, 1.807) is 18.2 Å². The van der Waals surface area contributed by atoms with Crippen molar-refractivity contribution in [1.29, 1.82) is 0 Å². The molecule has 0 radical (unpaired) electrons. The molecule has 5 rings (SSSR count). The summed E-state index contributed by atoms with van der Waals surface area (Å²) in [6.07, 6.45) is 0. The zero-order valence-electron chi connectivity index (χ0n) is 18.6. The summed E-state index contributed by atoms with van der Waals surface area (Å²) in [6.45, 7) is 0.0205. The van der Waals surface area contributed by atoms with E-state index in [-0.39, 0.29) is 24.0 Å². The molecule has 0 bridgehead atoms. The number of amides is 1. The number of benzene rings is 4. The van der Waals surface area contributed by atoms with E-state index in [0.717, 1.165) is 22.1 Å². The number of para-hydroxylation sites is 2. The fourth-order valence-corrected chi connectivity index (χ4v) is 4.39. The van der Waals surface area contributed by atoms with Crippen molar-refractivity contribution in [1.82, 2.24) is 14.8 Å². The van der Waals surface area contributed by atoms with E-state index in [1.165, 1.54) is 17.8 Å². The maximum absolute atomic E-state index is 14.0. The number of nitrogens with zero attached hydrogens (tertiary/aromatic N) is 3. The first-order valence-corrected chi connectivity index (χ1v) is 11.9. The number of carbonyl (C=O) groups is 1. The molecule has 5 aromatic rings. The number of hydrogen-bond donors (Lipinski definition) is 1. The van der Waals surface area contributed by atoms with Crippen LogP contribution in [0.1, 0.15) is 5.82 Å². The van der Waals surface area contributed by atoms with Gasteiger partial charge in [0.15, 0.2) is 22.5 Å². The van der Waals surface area contributed by atoms with Crippen molar-refractivity contribution in [3.8, 4) is 11.4 Å². The first kappa shape index (κ1) is 22.6. The molecule has 8 heteroatoms. The summed E-state index contributed by atoms with van der Waals surface area (Å²) in [4.78, 5) is 12.7. The van der Waals surface area contributed by atoms with Crippen LogP contribution in [0.2, 0.25) is 0 Å². The highest BCUT2D eigenvalue weighted by Crippen LogP contribution is 2.25. The Balaban J connectivity index is 1.31. The number of aromatic nitrogens is 3. The lowest BCUT2D eigenvalue weighted by Crippen LogP contribution is -2.14. The molecule has 0 fully saturated rings. The predicted octanol–water partition coefficient (Wildman–Crippen LogP) is 5.87. The van der Waals surface area contributed by atoms with E-state index in [1.807, 2.05) is 77.4 Å². The fourth-order valence-electron chi connectivity index (χ4n) is 3.62. The van der Waals surface area contributed by atoms with Crippen LogP contribution in [-0.2, 0) is 11.4 Å². The SMILES string of the molecule is O=C(CSc1nnc(COc2ccccc2F)n1-c1ccccc1)Nc1ccc2ccccc2c1. The summed E-state index contributed by atoms with van der Waals surface area (Å²) in [7, 11) is 0. The van der Waals surface area contributed by atoms with Crippen LogP contribution in [0, 0.1) is 5.82 Å². The number of nitrogens with one attached hydrogen (secondary N) is 1. The first-order valence-electron chi connectivity index (χ1n) is 11.0. The van der Waals surface area contributed by atoms with E-state index in [2.05, 4.69) is 15.5 Å². The topological polar surface area (TPSA) is 69.0 Å². The third-order valence-electron chi connectivity index (χ3n) is 5.27. The molecule has 0 aliphatic rings. The van der Waals surface area contributed by atoms with Crippen LogP contribution in [0.15, 0.2) is 102 Å². The summed E-state index contributed by atoms with van der Waals surface area (Å²) < 4.78 is 21.4. The van der Waals surface area contributed by atoms with Gasteiger partial charge in [-0.3, -0.25) is 9.36 Å². The molecular weight excluding hydrogens is 463 g/mol. The third-order valence-corrected chi connectivity index (χ3v) is 6.20. The molecule has 1 N–H and O–H groups in total. The Morgan fingerprint density at radius 1 is 0.886 bits per heavy atom. The molecule has 174 valence electrons. The molecule has 1 amide bonds. The van der Waals surface area contributed by atoms with E-state index in [9.17, 15) is 9.18 Å². The minimum atomic E-state index is -0.446. The third kappa shape index (κ3) is 5.33. The Bertz CT molecular complexity index is 1470. The number of carbonyl (C=O) groups excluding carboxylic acids is 1. The number of thioether (sulfide) groups is 1. The van der Waals surface area contributed by atoms with Gasteiger partial charge in [-0.2, -0.15) is 0 Å². The predicted molar refractivity (Wildman–Crippen MR) is 135 cm³/mol. The second kappa shape index (κ2) is 10.4. The lowest BCUT2D eigenvalue weighted by Gasteiger charge is -2.11. The Morgan fingerprint density at radius 2 is 1.63 bits per heavy atom. The number of ether oxygens (including phenoxy) is 1. The van der Waals surface area contributed by atoms with Crippen molar-refractivity contribution in [2.45, 2.75) is 11.8 Å². The Kier molecular flexibility index (Phi) is 6.72. The molecule has 0 unspecified atom stereocenters. The van der Waals surface area contributed by atoms with Crippen molar-refractivity contribution in [3.63, 3.8) is 0 Å². The highest BCUT2D eigenvalue weighted by Gasteiger charge is 2.17. The van der Waals surface area contributed by atoms with Crippen molar-refractivity contribution in [2.75, 3.05) is 11.1 Å². The zero-order valence-corrected chi connectivity index (χ0v) is 19.4. The average Bonchev–Trinajstić information content (AvgIpc) is 3.30. The van der Waals surface area contributed by atoms with Crippen molar-refractivity contribution >= 4 is 34.1 Å². The molecule has 1 heterocycles. The minimum Gasteiger partial charge on any atom is -0.483 e. The molecular formula is C27H21FN4O2S. The van der Waals surface area contributed by atoms with Gasteiger partial charge in [-0.05, 0) is 47.2 Å². The van der Waals surface area contributed by atoms with Crippen molar-refractivity contribution in [2.24, 2.45) is 0 Å². The molecule has 0 saturated carbocycles. The molecule has 0 atom stereocenters. The maximum atomic E-state index is 14.0. The maximum Gasteiger partial charge on any atom is 0.234 e. The first-order chi connectivity index (χ1) is 17.2. The molecule has 0 aliphatic heterocycles. The van der Waals surface area contributed by atoms with Crippen LogP contribution in [0.25, 0.3) is 16.5 Å². The van der Waals surface area contributed by atoms with Gasteiger partial charge >= 0.3 is 0 Å². The second-order valence-corrected chi connectivity index (χ2v) is 8.63. The van der Waals surface area contributed by atoms with Gasteiger partial charge in [0.25, 0.3) is 0 Å². The Hall–Kier alpha value is -4.17. The van der Waals surface area contributed by atoms with Gasteiger partial charge in [-0.25, -0.2) is 4.39 Å². The molecule has 4 aromatic carbocycles. The highest BCUT2D eigenvalue weighted by atomic mass is 32.2. The van der Waals surface area contributed by atoms with E-state index in [4.69, 9.17) is 4.74 Å². The number of halogens is 1. The van der Waals surface area contributed by atoms with Crippen molar-refractivity contribution in [3.05, 3.63) is 109 Å². The van der Waals surface area contributed by atoms with Crippen LogP contribution in [0.5, 0.6) is 5.75 Å². The lowest BCUT2D eigenvalue weighted by atomic mass is 10.1. The summed E-state index contributed by atoms with van der Waals surface area (Å²) in [5, 5.41) is 14.2. The lowest BCUT2D eigenvalue weighted by molar-refractivity contribution is -0.113. The number of rotatable bonds is 8. The quantitative estimate of drug-likeness (QED) is 0.279. The Labute approximate surface area is 205 Å². The average molecular weight is 485 g/mol. The molecule has 35 heavy (non-hydrogen) atoms. The monoisotopic (exact) mass is 484 g/mol. The van der Waals surface area contributed by atoms with Gasteiger partial charge in [0.05, 0.1) is 5.75 Å². The van der Waals surface area contributed by atoms with Crippen molar-refractivity contribution < 1.29 is 13.9 Å². The van der Waals surface area contributed by atoms with Crippen LogP contribution in [-0.4, -0.2) is 26.4 Å². The van der Waals surface area contributed by atoms with Crippen LogP contribution in [0.3, 0.4) is 0 Å². The molecule has 1 aromatic heterocycles. The molecule has 6 nitrogen and oxygen atoms in total. The summed E-state index contributed by atoms with van der Waals surface area (Å²) >= 11 is 1.27. The molecule has 0 saturated heterocycles. The molecule has 0 aliphatic carbocycles. The summed E-state index contributed by atoms with van der Waals surface area (Å²) in [5.41, 5.74) is 1.56. The van der Waals surface area contributed by atoms with Gasteiger partial charge in [0.2, 0.25) is 5.91 Å². The van der Waals surface area contributed by atoms with Crippen LogP contribution < -0.4 is 10.1 Å².